The summed E-state index contributed by atoms with van der Waals surface area (Å²) in [5, 5.41) is 3.32. The molecule has 1 atom stereocenters. The van der Waals surface area contributed by atoms with E-state index in [4.69, 9.17) is 9.47 Å². The van der Waals surface area contributed by atoms with Crippen molar-refractivity contribution in [1.82, 2.24) is 5.32 Å². The van der Waals surface area contributed by atoms with Gasteiger partial charge in [0, 0.05) is 13.2 Å². The Morgan fingerprint density at radius 2 is 1.67 bits per heavy atom. The number of methoxy groups -OCH3 is 2. The number of hydrogen-bond donors (Lipinski definition) is 1. The molecule has 0 bridgehead atoms. The van der Waals surface area contributed by atoms with Crippen molar-refractivity contribution in [3.8, 4) is 5.75 Å². The van der Waals surface area contributed by atoms with E-state index in [9.17, 15) is 0 Å². The molecule has 0 heterocycles. The van der Waals surface area contributed by atoms with Gasteiger partial charge in [0.05, 0.1) is 7.11 Å². The zero-order valence-corrected chi connectivity index (χ0v) is 9.78. The van der Waals surface area contributed by atoms with Crippen molar-refractivity contribution < 1.29 is 9.47 Å². The Labute approximate surface area is 91.4 Å². The second kappa shape index (κ2) is 5.73. The summed E-state index contributed by atoms with van der Waals surface area (Å²) in [7, 11) is 3.36. The first-order valence-corrected chi connectivity index (χ1v) is 5.10. The number of rotatable bonds is 5. The molecule has 1 aromatic rings. The van der Waals surface area contributed by atoms with E-state index >= 15 is 0 Å². The lowest BCUT2D eigenvalue weighted by atomic mass is 10.2. The van der Waals surface area contributed by atoms with Crippen LogP contribution in [-0.4, -0.2) is 20.3 Å². The van der Waals surface area contributed by atoms with Crippen molar-refractivity contribution in [3.05, 3.63) is 29.8 Å². The summed E-state index contributed by atoms with van der Waals surface area (Å²) in [6.45, 7) is 4.19. The molecule has 3 nitrogen and oxygen atoms in total. The fraction of sp³-hybridized carbons (Fsp3) is 0.500. The Morgan fingerprint density at radius 1 is 1.07 bits per heavy atom. The van der Waals surface area contributed by atoms with Crippen LogP contribution in [0.25, 0.3) is 0 Å². The summed E-state index contributed by atoms with van der Waals surface area (Å²) in [6, 6.07) is 8.26. The summed E-state index contributed by atoms with van der Waals surface area (Å²) < 4.78 is 10.5. The molecule has 3 heteroatoms. The minimum absolute atomic E-state index is 0.0593. The molecule has 0 aliphatic heterocycles. The Bertz CT molecular complexity index is 282. The van der Waals surface area contributed by atoms with Crippen LogP contribution in [0, 0.1) is 0 Å². The van der Waals surface area contributed by atoms with Gasteiger partial charge < -0.3 is 9.47 Å². The molecule has 15 heavy (non-hydrogen) atoms. The van der Waals surface area contributed by atoms with E-state index in [2.05, 4.69) is 19.2 Å². The minimum atomic E-state index is -0.0593. The Balaban J connectivity index is 2.74. The highest BCUT2D eigenvalue weighted by molar-refractivity contribution is 5.28. The average Bonchev–Trinajstić information content (AvgIpc) is 2.26. The third-order valence-electron chi connectivity index (χ3n) is 2.14. The van der Waals surface area contributed by atoms with Gasteiger partial charge in [0.25, 0.3) is 0 Å². The van der Waals surface area contributed by atoms with Gasteiger partial charge in [-0.15, -0.1) is 0 Å². The van der Waals surface area contributed by atoms with E-state index in [-0.39, 0.29) is 6.23 Å². The molecule has 0 amide bonds. The molecule has 1 unspecified atom stereocenters. The minimum Gasteiger partial charge on any atom is -0.497 e. The fourth-order valence-corrected chi connectivity index (χ4v) is 1.38. The zero-order chi connectivity index (χ0) is 11.3. The summed E-state index contributed by atoms with van der Waals surface area (Å²) in [5.41, 5.74) is 1.10. The van der Waals surface area contributed by atoms with E-state index in [1.165, 1.54) is 0 Å². The molecular weight excluding hydrogens is 190 g/mol. The van der Waals surface area contributed by atoms with Gasteiger partial charge >= 0.3 is 0 Å². The first-order valence-electron chi connectivity index (χ1n) is 5.10. The molecule has 0 saturated heterocycles. The molecule has 1 aromatic carbocycles. The Hall–Kier alpha value is -1.06. The number of nitrogens with one attached hydrogen (secondary N) is 1. The normalized spacial score (nSPS) is 12.9. The topological polar surface area (TPSA) is 30.5 Å². The van der Waals surface area contributed by atoms with Crippen molar-refractivity contribution in [2.45, 2.75) is 26.1 Å². The third kappa shape index (κ3) is 3.53. The maximum atomic E-state index is 5.37. The van der Waals surface area contributed by atoms with Gasteiger partial charge in [0.1, 0.15) is 12.0 Å². The van der Waals surface area contributed by atoms with E-state index in [0.717, 1.165) is 11.3 Å². The van der Waals surface area contributed by atoms with E-state index in [0.29, 0.717) is 6.04 Å². The van der Waals surface area contributed by atoms with E-state index < -0.39 is 0 Å². The third-order valence-corrected chi connectivity index (χ3v) is 2.14. The second-order valence-corrected chi connectivity index (χ2v) is 3.71. The molecule has 1 N–H and O–H groups in total. The number of ether oxygens (including phenoxy) is 2. The molecule has 84 valence electrons. The molecule has 0 saturated carbocycles. The molecule has 0 aromatic heterocycles. The monoisotopic (exact) mass is 209 g/mol. The van der Waals surface area contributed by atoms with Crippen LogP contribution in [0.3, 0.4) is 0 Å². The van der Waals surface area contributed by atoms with Crippen LogP contribution in [0.15, 0.2) is 24.3 Å². The second-order valence-electron chi connectivity index (χ2n) is 3.71. The first kappa shape index (κ1) is 12.0. The zero-order valence-electron chi connectivity index (χ0n) is 9.78. The predicted molar refractivity (Wildman–Crippen MR) is 61.0 cm³/mol. The van der Waals surface area contributed by atoms with Crippen LogP contribution in [0.2, 0.25) is 0 Å². The van der Waals surface area contributed by atoms with E-state index in [1.54, 1.807) is 14.2 Å². The average molecular weight is 209 g/mol. The summed E-state index contributed by atoms with van der Waals surface area (Å²) >= 11 is 0. The van der Waals surface area contributed by atoms with Crippen LogP contribution in [0.1, 0.15) is 25.6 Å². The molecule has 0 aliphatic carbocycles. The highest BCUT2D eigenvalue weighted by Gasteiger charge is 2.10. The standard InChI is InChI=1S/C12H19NO2/c1-9(2)13-12(15-4)10-5-7-11(14-3)8-6-10/h5-9,12-13H,1-4H3. The van der Waals surface area contributed by atoms with Crippen LogP contribution >= 0.6 is 0 Å². The van der Waals surface area contributed by atoms with Crippen LogP contribution < -0.4 is 10.1 Å². The molecule has 0 aliphatic rings. The van der Waals surface area contributed by atoms with Crippen LogP contribution in [0.5, 0.6) is 5.75 Å². The van der Waals surface area contributed by atoms with Gasteiger partial charge in [-0.1, -0.05) is 12.1 Å². The van der Waals surface area contributed by atoms with Gasteiger partial charge in [-0.2, -0.15) is 0 Å². The van der Waals surface area contributed by atoms with E-state index in [1.807, 2.05) is 24.3 Å². The highest BCUT2D eigenvalue weighted by Crippen LogP contribution is 2.18. The smallest absolute Gasteiger partial charge is 0.134 e. The van der Waals surface area contributed by atoms with Gasteiger partial charge in [0.2, 0.25) is 0 Å². The number of hydrogen-bond acceptors (Lipinski definition) is 3. The molecule has 0 spiro atoms. The highest BCUT2D eigenvalue weighted by atomic mass is 16.5. The predicted octanol–water partition coefficient (Wildman–Crippen LogP) is 2.34. The Kier molecular flexibility index (Phi) is 4.59. The van der Waals surface area contributed by atoms with Gasteiger partial charge in [-0.25, -0.2) is 0 Å². The van der Waals surface area contributed by atoms with Gasteiger partial charge in [-0.05, 0) is 31.5 Å². The lowest BCUT2D eigenvalue weighted by Gasteiger charge is -2.20. The molecule has 0 radical (unpaired) electrons. The van der Waals surface area contributed by atoms with Crippen molar-refractivity contribution in [2.75, 3.05) is 14.2 Å². The molecular formula is C12H19NO2. The van der Waals surface area contributed by atoms with Crippen molar-refractivity contribution in [1.29, 1.82) is 0 Å². The van der Waals surface area contributed by atoms with Crippen LogP contribution in [0.4, 0.5) is 0 Å². The quantitative estimate of drug-likeness (QED) is 0.755. The maximum absolute atomic E-state index is 5.37. The van der Waals surface area contributed by atoms with Crippen molar-refractivity contribution in [2.24, 2.45) is 0 Å². The number of benzene rings is 1. The van der Waals surface area contributed by atoms with Crippen molar-refractivity contribution >= 4 is 0 Å². The fourth-order valence-electron chi connectivity index (χ4n) is 1.38. The van der Waals surface area contributed by atoms with Gasteiger partial charge in [-0.3, -0.25) is 5.32 Å². The SMILES string of the molecule is COc1ccc(C(NC(C)C)OC)cc1. The first-order chi connectivity index (χ1) is 7.17. The summed E-state index contributed by atoms with van der Waals surface area (Å²) in [5.74, 6) is 0.859. The summed E-state index contributed by atoms with van der Waals surface area (Å²) in [6.07, 6.45) is -0.0593. The Morgan fingerprint density at radius 3 is 2.07 bits per heavy atom. The lowest BCUT2D eigenvalue weighted by Crippen LogP contribution is -2.29. The lowest BCUT2D eigenvalue weighted by molar-refractivity contribution is 0.0664. The van der Waals surface area contributed by atoms with Crippen LogP contribution in [-0.2, 0) is 4.74 Å². The maximum Gasteiger partial charge on any atom is 0.134 e. The summed E-state index contributed by atoms with van der Waals surface area (Å²) in [4.78, 5) is 0. The molecule has 0 fully saturated rings. The largest absolute Gasteiger partial charge is 0.497 e. The molecule has 1 rings (SSSR count). The van der Waals surface area contributed by atoms with Gasteiger partial charge in [0.15, 0.2) is 0 Å². The van der Waals surface area contributed by atoms with Crippen molar-refractivity contribution in [3.63, 3.8) is 0 Å².